The van der Waals surface area contributed by atoms with Gasteiger partial charge < -0.3 is 9.67 Å². The predicted molar refractivity (Wildman–Crippen MR) is 126 cm³/mol. The lowest BCUT2D eigenvalue weighted by molar-refractivity contribution is -0.113. The number of carboxylic acids is 1. The van der Waals surface area contributed by atoms with Gasteiger partial charge in [0.25, 0.3) is 0 Å². The Hall–Kier alpha value is -3.70. The average Bonchev–Trinajstić information content (AvgIpc) is 3.07. The van der Waals surface area contributed by atoms with E-state index in [4.69, 9.17) is 11.6 Å². The normalized spacial score (nSPS) is 13.7. The van der Waals surface area contributed by atoms with E-state index in [1.54, 1.807) is 34.9 Å². The van der Waals surface area contributed by atoms with E-state index in [0.29, 0.717) is 33.6 Å². The Morgan fingerprint density at radius 3 is 2.78 bits per heavy atom. The summed E-state index contributed by atoms with van der Waals surface area (Å²) >= 11 is 6.26. The minimum Gasteiger partial charge on any atom is -0.477 e. The molecule has 4 aromatic rings. The van der Waals surface area contributed by atoms with Crippen LogP contribution < -0.4 is 0 Å². The van der Waals surface area contributed by atoms with Crippen molar-refractivity contribution in [3.8, 4) is 0 Å². The summed E-state index contributed by atoms with van der Waals surface area (Å²) in [5.74, 6) is -1.20. The second-order valence-corrected chi connectivity index (χ2v) is 8.33. The average molecular weight is 443 g/mol. The van der Waals surface area contributed by atoms with Crippen molar-refractivity contribution in [1.82, 2.24) is 9.55 Å². The van der Waals surface area contributed by atoms with Crippen molar-refractivity contribution in [2.45, 2.75) is 19.9 Å². The number of allylic oxidation sites excluding steroid dienone is 4. The number of nitrogens with zero attached hydrogens (tertiary/aromatic N) is 2. The maximum Gasteiger partial charge on any atom is 0.353 e. The molecule has 0 bridgehead atoms. The highest BCUT2D eigenvalue weighted by Crippen LogP contribution is 2.36. The van der Waals surface area contributed by atoms with E-state index < -0.39 is 5.97 Å². The smallest absolute Gasteiger partial charge is 0.353 e. The number of rotatable bonds is 4. The molecule has 0 radical (unpaired) electrons. The monoisotopic (exact) mass is 442 g/mol. The van der Waals surface area contributed by atoms with Gasteiger partial charge in [0, 0.05) is 51.1 Å². The Morgan fingerprint density at radius 1 is 1.16 bits per heavy atom. The molecular formula is C26H19ClN2O3. The number of halogens is 1. The van der Waals surface area contributed by atoms with Gasteiger partial charge in [-0.2, -0.15) is 0 Å². The zero-order chi connectivity index (χ0) is 22.4. The Morgan fingerprint density at radius 2 is 2.00 bits per heavy atom. The van der Waals surface area contributed by atoms with Crippen LogP contribution in [0.2, 0.25) is 5.02 Å². The number of hydrogen-bond acceptors (Lipinski definition) is 3. The van der Waals surface area contributed by atoms with Gasteiger partial charge in [-0.3, -0.25) is 9.78 Å². The Labute approximate surface area is 189 Å². The van der Waals surface area contributed by atoms with Crippen LogP contribution in [0.4, 0.5) is 0 Å². The van der Waals surface area contributed by atoms with Crippen molar-refractivity contribution >= 4 is 50.7 Å². The number of carboxylic acid groups (broad SMARTS) is 1. The molecule has 0 atom stereocenters. The zero-order valence-corrected chi connectivity index (χ0v) is 18.1. The minimum absolute atomic E-state index is 0.0827. The summed E-state index contributed by atoms with van der Waals surface area (Å²) in [6, 6.07) is 15.2. The lowest BCUT2D eigenvalue weighted by Crippen LogP contribution is -2.13. The van der Waals surface area contributed by atoms with Gasteiger partial charge in [-0.1, -0.05) is 42.0 Å². The minimum atomic E-state index is -1.09. The third-order valence-corrected chi connectivity index (χ3v) is 5.97. The highest BCUT2D eigenvalue weighted by Gasteiger charge is 2.28. The molecule has 0 saturated heterocycles. The van der Waals surface area contributed by atoms with Gasteiger partial charge in [-0.05, 0) is 48.9 Å². The molecule has 1 aliphatic rings. The van der Waals surface area contributed by atoms with Gasteiger partial charge in [0.05, 0.1) is 5.52 Å². The van der Waals surface area contributed by atoms with Gasteiger partial charge >= 0.3 is 5.97 Å². The van der Waals surface area contributed by atoms with Crippen molar-refractivity contribution in [3.05, 3.63) is 94.3 Å². The van der Waals surface area contributed by atoms with Crippen molar-refractivity contribution in [1.29, 1.82) is 0 Å². The molecule has 32 heavy (non-hydrogen) atoms. The zero-order valence-electron chi connectivity index (χ0n) is 17.3. The number of fused-ring (bicyclic) bond motifs is 2. The van der Waals surface area contributed by atoms with Crippen molar-refractivity contribution in [3.63, 3.8) is 0 Å². The van der Waals surface area contributed by atoms with E-state index in [1.807, 2.05) is 43.3 Å². The summed E-state index contributed by atoms with van der Waals surface area (Å²) in [6.07, 6.45) is 5.48. The van der Waals surface area contributed by atoms with E-state index in [2.05, 4.69) is 4.98 Å². The number of Topliss-reactive ketones (excluding diaryl/α,β-unsaturated/α-hetero) is 1. The molecular weight excluding hydrogens is 424 g/mol. The van der Waals surface area contributed by atoms with Crippen LogP contribution in [0, 0.1) is 6.92 Å². The molecule has 158 valence electrons. The van der Waals surface area contributed by atoms with Crippen molar-refractivity contribution < 1.29 is 14.7 Å². The van der Waals surface area contributed by atoms with Crippen LogP contribution >= 0.6 is 11.6 Å². The summed E-state index contributed by atoms with van der Waals surface area (Å²) in [6.45, 7) is 2.28. The fraction of sp³-hybridized carbons (Fsp3) is 0.115. The Bertz CT molecular complexity index is 1490. The van der Waals surface area contributed by atoms with E-state index in [-0.39, 0.29) is 17.9 Å². The molecule has 0 fully saturated rings. The van der Waals surface area contributed by atoms with Crippen molar-refractivity contribution in [2.75, 3.05) is 0 Å². The first-order valence-electron chi connectivity index (χ1n) is 10.2. The van der Waals surface area contributed by atoms with Crippen LogP contribution in [0.15, 0.2) is 66.8 Å². The molecule has 0 saturated carbocycles. The summed E-state index contributed by atoms with van der Waals surface area (Å²) in [5, 5.41) is 12.3. The molecule has 5 nitrogen and oxygen atoms in total. The number of pyridine rings is 1. The quantitative estimate of drug-likeness (QED) is 0.433. The number of carbonyl (C=O) groups is 2. The SMILES string of the molecule is Cc1ccc2cc(Cn3c(C(=O)O)c(C4=CC=CCC4=O)c4cc(Cl)ccc43)ccc2n1. The summed E-state index contributed by atoms with van der Waals surface area (Å²) in [4.78, 5) is 29.7. The van der Waals surface area contributed by atoms with Crippen LogP contribution in [-0.2, 0) is 11.3 Å². The highest BCUT2D eigenvalue weighted by molar-refractivity contribution is 6.32. The topological polar surface area (TPSA) is 72.2 Å². The number of hydrogen-bond donors (Lipinski definition) is 1. The first-order valence-corrected chi connectivity index (χ1v) is 10.6. The molecule has 0 unspecified atom stereocenters. The number of aromatic carboxylic acids is 1. The molecule has 6 heteroatoms. The first-order chi connectivity index (χ1) is 15.4. The number of ketones is 1. The fourth-order valence-electron chi connectivity index (χ4n) is 4.31. The van der Waals surface area contributed by atoms with Gasteiger partial charge in [-0.25, -0.2) is 4.79 Å². The Balaban J connectivity index is 1.74. The molecule has 0 amide bonds. The predicted octanol–water partition coefficient (Wildman–Crippen LogP) is 5.81. The van der Waals surface area contributed by atoms with Gasteiger partial charge in [0.15, 0.2) is 5.78 Å². The lowest BCUT2D eigenvalue weighted by atomic mass is 9.93. The van der Waals surface area contributed by atoms with Crippen LogP contribution in [0.3, 0.4) is 0 Å². The van der Waals surface area contributed by atoms with Gasteiger partial charge in [0.2, 0.25) is 0 Å². The van der Waals surface area contributed by atoms with Crippen LogP contribution in [0.1, 0.15) is 33.7 Å². The maximum absolute atomic E-state index is 12.7. The Kier molecular flexibility index (Phi) is 4.91. The first kappa shape index (κ1) is 20.2. The molecule has 1 N–H and O–H groups in total. The second kappa shape index (κ2) is 7.77. The number of aryl methyl sites for hydroxylation is 1. The molecule has 0 spiro atoms. The lowest BCUT2D eigenvalue weighted by Gasteiger charge is -2.12. The maximum atomic E-state index is 12.7. The number of benzene rings is 2. The largest absolute Gasteiger partial charge is 0.477 e. The summed E-state index contributed by atoms with van der Waals surface area (Å²) in [7, 11) is 0. The van der Waals surface area contributed by atoms with Crippen LogP contribution in [0.25, 0.3) is 27.4 Å². The second-order valence-electron chi connectivity index (χ2n) is 7.89. The van der Waals surface area contributed by atoms with E-state index >= 15 is 0 Å². The third-order valence-electron chi connectivity index (χ3n) is 5.73. The molecule has 2 aromatic carbocycles. The van der Waals surface area contributed by atoms with Crippen LogP contribution in [0.5, 0.6) is 0 Å². The van der Waals surface area contributed by atoms with E-state index in [9.17, 15) is 14.7 Å². The van der Waals surface area contributed by atoms with E-state index in [1.165, 1.54) is 0 Å². The van der Waals surface area contributed by atoms with Gasteiger partial charge in [0.1, 0.15) is 5.69 Å². The number of carbonyl (C=O) groups excluding carboxylic acids is 1. The molecule has 2 aromatic heterocycles. The molecule has 2 heterocycles. The summed E-state index contributed by atoms with van der Waals surface area (Å²) < 4.78 is 1.75. The molecule has 5 rings (SSSR count). The van der Waals surface area contributed by atoms with Gasteiger partial charge in [-0.15, -0.1) is 0 Å². The fourth-order valence-corrected chi connectivity index (χ4v) is 4.48. The number of aromatic nitrogens is 2. The third kappa shape index (κ3) is 3.41. The van der Waals surface area contributed by atoms with Crippen LogP contribution in [-0.4, -0.2) is 26.4 Å². The highest BCUT2D eigenvalue weighted by atomic mass is 35.5. The molecule has 0 aliphatic heterocycles. The van der Waals surface area contributed by atoms with Crippen molar-refractivity contribution in [2.24, 2.45) is 0 Å². The standard InChI is InChI=1S/C26H19ClN2O3/c1-15-6-8-17-12-16(7-10-21(17)28-15)14-29-22-11-9-18(27)13-20(22)24(25(29)26(31)32)19-4-2-3-5-23(19)30/h2-4,6-13H,5,14H2,1H3,(H,31,32). The van der Waals surface area contributed by atoms with E-state index in [0.717, 1.165) is 22.2 Å². The summed E-state index contributed by atoms with van der Waals surface area (Å²) in [5.41, 5.74) is 4.38. The molecule has 1 aliphatic carbocycles.